The first kappa shape index (κ1) is 13.5. The topological polar surface area (TPSA) is 49.2 Å². The minimum absolute atomic E-state index is 0.362. The zero-order valence-corrected chi connectivity index (χ0v) is 11.7. The molecule has 1 aromatic carbocycles. The Balaban J connectivity index is 1.90. The SMILES string of the molecule is CC(C)Cc1ccc(CNS(=O)(=O)N2CC2)cc1. The monoisotopic (exact) mass is 268 g/mol. The average Bonchev–Trinajstić information content (AvgIpc) is 3.11. The summed E-state index contributed by atoms with van der Waals surface area (Å²) in [5.74, 6) is 0.636. The highest BCUT2D eigenvalue weighted by atomic mass is 32.2. The first-order valence-corrected chi connectivity index (χ1v) is 7.74. The van der Waals surface area contributed by atoms with Gasteiger partial charge < -0.3 is 0 Å². The van der Waals surface area contributed by atoms with E-state index >= 15 is 0 Å². The molecule has 100 valence electrons. The molecule has 0 unspecified atom stereocenters. The molecule has 1 saturated heterocycles. The van der Waals surface area contributed by atoms with Crippen LogP contribution in [0, 0.1) is 5.92 Å². The van der Waals surface area contributed by atoms with Crippen molar-refractivity contribution in [2.24, 2.45) is 5.92 Å². The summed E-state index contributed by atoms with van der Waals surface area (Å²) in [6.07, 6.45) is 1.06. The summed E-state index contributed by atoms with van der Waals surface area (Å²) in [6.45, 7) is 6.02. The molecule has 0 aliphatic carbocycles. The molecule has 0 spiro atoms. The van der Waals surface area contributed by atoms with Crippen LogP contribution in [0.1, 0.15) is 25.0 Å². The van der Waals surface area contributed by atoms with E-state index in [9.17, 15) is 8.42 Å². The van der Waals surface area contributed by atoms with Gasteiger partial charge in [0.25, 0.3) is 10.2 Å². The molecule has 1 aliphatic heterocycles. The molecule has 1 heterocycles. The van der Waals surface area contributed by atoms with Crippen LogP contribution in [0.15, 0.2) is 24.3 Å². The van der Waals surface area contributed by atoms with Gasteiger partial charge >= 0.3 is 0 Å². The van der Waals surface area contributed by atoms with E-state index < -0.39 is 10.2 Å². The van der Waals surface area contributed by atoms with Crippen LogP contribution >= 0.6 is 0 Å². The summed E-state index contributed by atoms with van der Waals surface area (Å²) < 4.78 is 27.2. The van der Waals surface area contributed by atoms with E-state index in [4.69, 9.17) is 0 Å². The second-order valence-corrected chi connectivity index (χ2v) is 6.89. The Morgan fingerprint density at radius 1 is 1.17 bits per heavy atom. The Kier molecular flexibility index (Phi) is 4.04. The van der Waals surface area contributed by atoms with E-state index in [-0.39, 0.29) is 0 Å². The van der Waals surface area contributed by atoms with Crippen molar-refractivity contribution >= 4 is 10.2 Å². The van der Waals surface area contributed by atoms with Gasteiger partial charge in [0.1, 0.15) is 0 Å². The Labute approximate surface area is 109 Å². The van der Waals surface area contributed by atoms with E-state index in [1.54, 1.807) is 0 Å². The van der Waals surface area contributed by atoms with Crippen molar-refractivity contribution in [3.63, 3.8) is 0 Å². The summed E-state index contributed by atoms with van der Waals surface area (Å²) in [6, 6.07) is 8.12. The molecule has 0 atom stereocenters. The maximum absolute atomic E-state index is 11.6. The van der Waals surface area contributed by atoms with Crippen LogP contribution < -0.4 is 4.72 Å². The summed E-state index contributed by atoms with van der Waals surface area (Å²) in [4.78, 5) is 0. The molecule has 0 saturated carbocycles. The van der Waals surface area contributed by atoms with Crippen molar-refractivity contribution in [2.45, 2.75) is 26.8 Å². The van der Waals surface area contributed by atoms with Crippen molar-refractivity contribution in [1.82, 2.24) is 9.03 Å². The molecule has 4 nitrogen and oxygen atoms in total. The molecular weight excluding hydrogens is 248 g/mol. The number of nitrogens with zero attached hydrogens (tertiary/aromatic N) is 1. The lowest BCUT2D eigenvalue weighted by molar-refractivity contribution is 0.546. The number of nitrogens with one attached hydrogen (secondary N) is 1. The van der Waals surface area contributed by atoms with Gasteiger partial charge in [0.2, 0.25) is 0 Å². The van der Waals surface area contributed by atoms with E-state index in [0.29, 0.717) is 25.6 Å². The van der Waals surface area contributed by atoms with Crippen molar-refractivity contribution in [3.8, 4) is 0 Å². The van der Waals surface area contributed by atoms with Crippen LogP contribution in [-0.2, 0) is 23.2 Å². The predicted octanol–water partition coefficient (Wildman–Crippen LogP) is 1.54. The molecule has 2 rings (SSSR count). The van der Waals surface area contributed by atoms with Crippen molar-refractivity contribution in [2.75, 3.05) is 13.1 Å². The van der Waals surface area contributed by atoms with Crippen LogP contribution in [0.4, 0.5) is 0 Å². The minimum atomic E-state index is -3.23. The highest BCUT2D eigenvalue weighted by Crippen LogP contribution is 2.12. The third-order valence-corrected chi connectivity index (χ3v) is 4.43. The molecule has 1 aliphatic rings. The first-order valence-electron chi connectivity index (χ1n) is 6.30. The molecule has 1 aromatic rings. The van der Waals surface area contributed by atoms with Gasteiger partial charge in [-0.3, -0.25) is 0 Å². The second kappa shape index (κ2) is 5.38. The summed E-state index contributed by atoms with van der Waals surface area (Å²) >= 11 is 0. The first-order chi connectivity index (χ1) is 8.47. The fraction of sp³-hybridized carbons (Fsp3) is 0.538. The zero-order valence-electron chi connectivity index (χ0n) is 10.9. The molecule has 1 N–H and O–H groups in total. The fourth-order valence-electron chi connectivity index (χ4n) is 1.81. The van der Waals surface area contributed by atoms with Gasteiger partial charge in [-0.05, 0) is 23.5 Å². The second-order valence-electron chi connectivity index (χ2n) is 5.14. The van der Waals surface area contributed by atoms with Crippen LogP contribution in [0.2, 0.25) is 0 Å². The van der Waals surface area contributed by atoms with E-state index in [1.807, 2.05) is 12.1 Å². The molecule has 1 fully saturated rings. The Hall–Kier alpha value is -0.910. The average molecular weight is 268 g/mol. The Morgan fingerprint density at radius 3 is 2.22 bits per heavy atom. The van der Waals surface area contributed by atoms with Gasteiger partial charge in [-0.1, -0.05) is 38.1 Å². The predicted molar refractivity (Wildman–Crippen MR) is 72.3 cm³/mol. The third kappa shape index (κ3) is 3.80. The van der Waals surface area contributed by atoms with Gasteiger partial charge in [-0.15, -0.1) is 0 Å². The highest BCUT2D eigenvalue weighted by molar-refractivity contribution is 7.87. The Morgan fingerprint density at radius 2 is 1.72 bits per heavy atom. The molecule has 0 amide bonds. The summed E-state index contributed by atoms with van der Waals surface area (Å²) in [5.41, 5.74) is 2.29. The molecule has 0 bridgehead atoms. The highest BCUT2D eigenvalue weighted by Gasteiger charge is 2.31. The smallest absolute Gasteiger partial charge is 0.198 e. The number of benzene rings is 1. The summed E-state index contributed by atoms with van der Waals surface area (Å²) in [5, 5.41) is 0. The minimum Gasteiger partial charge on any atom is -0.198 e. The fourth-order valence-corrected chi connectivity index (χ4v) is 2.91. The standard InChI is InChI=1S/C13H20N2O2S/c1-11(2)9-12-3-5-13(6-4-12)10-14-18(16,17)15-7-8-15/h3-6,11,14H,7-10H2,1-2H3. The van der Waals surface area contributed by atoms with Crippen LogP contribution in [-0.4, -0.2) is 25.8 Å². The molecule has 5 heteroatoms. The Bertz CT molecular complexity index is 490. The van der Waals surface area contributed by atoms with Crippen LogP contribution in [0.5, 0.6) is 0 Å². The largest absolute Gasteiger partial charge is 0.279 e. The van der Waals surface area contributed by atoms with E-state index in [1.165, 1.54) is 9.87 Å². The van der Waals surface area contributed by atoms with Gasteiger partial charge in [-0.2, -0.15) is 17.4 Å². The quantitative estimate of drug-likeness (QED) is 0.796. The van der Waals surface area contributed by atoms with Crippen LogP contribution in [0.3, 0.4) is 0 Å². The number of hydrogen-bond acceptors (Lipinski definition) is 2. The lowest BCUT2D eigenvalue weighted by Crippen LogP contribution is -2.29. The number of hydrogen-bond donors (Lipinski definition) is 1. The van der Waals surface area contributed by atoms with Gasteiger partial charge in [-0.25, -0.2) is 0 Å². The lowest BCUT2D eigenvalue weighted by atomic mass is 10.0. The molecule has 0 radical (unpaired) electrons. The van der Waals surface area contributed by atoms with Crippen molar-refractivity contribution in [3.05, 3.63) is 35.4 Å². The van der Waals surface area contributed by atoms with Gasteiger partial charge in [0, 0.05) is 19.6 Å². The lowest BCUT2D eigenvalue weighted by Gasteiger charge is -2.08. The maximum atomic E-state index is 11.6. The summed E-state index contributed by atoms with van der Waals surface area (Å²) in [7, 11) is -3.23. The molecule has 0 aromatic heterocycles. The maximum Gasteiger partial charge on any atom is 0.279 e. The van der Waals surface area contributed by atoms with Gasteiger partial charge in [0.15, 0.2) is 0 Å². The van der Waals surface area contributed by atoms with Crippen LogP contribution in [0.25, 0.3) is 0 Å². The third-order valence-electron chi connectivity index (χ3n) is 2.87. The molecular formula is C13H20N2O2S. The van der Waals surface area contributed by atoms with Crippen molar-refractivity contribution in [1.29, 1.82) is 0 Å². The van der Waals surface area contributed by atoms with E-state index in [0.717, 1.165) is 12.0 Å². The zero-order chi connectivity index (χ0) is 13.2. The van der Waals surface area contributed by atoms with E-state index in [2.05, 4.69) is 30.7 Å². The number of rotatable bonds is 6. The van der Waals surface area contributed by atoms with Gasteiger partial charge in [0.05, 0.1) is 0 Å². The van der Waals surface area contributed by atoms with Crippen molar-refractivity contribution < 1.29 is 8.42 Å². The normalized spacial score (nSPS) is 16.2. The molecule has 18 heavy (non-hydrogen) atoms.